The van der Waals surface area contributed by atoms with Gasteiger partial charge in [0, 0.05) is 35.5 Å². The normalized spacial score (nSPS) is 36.5. The van der Waals surface area contributed by atoms with Crippen LogP contribution in [0.25, 0.3) is 0 Å². The highest BCUT2D eigenvalue weighted by Gasteiger charge is 2.47. The molecule has 2 unspecified atom stereocenters. The van der Waals surface area contributed by atoms with Crippen molar-refractivity contribution in [2.75, 3.05) is 13.1 Å². The Morgan fingerprint density at radius 2 is 2.20 bits per heavy atom. The summed E-state index contributed by atoms with van der Waals surface area (Å²) in [5, 5.41) is 10.5. The van der Waals surface area contributed by atoms with Crippen LogP contribution in [0.2, 0.25) is 0 Å². The van der Waals surface area contributed by atoms with Crippen molar-refractivity contribution >= 4 is 15.9 Å². The van der Waals surface area contributed by atoms with Crippen molar-refractivity contribution in [2.24, 2.45) is 0 Å². The first-order chi connectivity index (χ1) is 9.65. The Kier molecular flexibility index (Phi) is 3.09. The summed E-state index contributed by atoms with van der Waals surface area (Å²) in [7, 11) is 0. The lowest BCUT2D eigenvalue weighted by atomic mass is 9.79. The van der Waals surface area contributed by atoms with Gasteiger partial charge in [-0.15, -0.1) is 0 Å². The van der Waals surface area contributed by atoms with Crippen LogP contribution in [-0.2, 0) is 0 Å². The van der Waals surface area contributed by atoms with Gasteiger partial charge in [0.15, 0.2) is 0 Å². The van der Waals surface area contributed by atoms with Crippen LogP contribution in [0, 0.1) is 0 Å². The Labute approximate surface area is 128 Å². The molecule has 1 spiro atoms. The summed E-state index contributed by atoms with van der Waals surface area (Å²) in [5.74, 6) is 0.874. The van der Waals surface area contributed by atoms with E-state index in [1.807, 2.05) is 18.2 Å². The Morgan fingerprint density at radius 1 is 1.30 bits per heavy atom. The quantitative estimate of drug-likeness (QED) is 0.788. The molecular formula is C16H20BrNO2. The van der Waals surface area contributed by atoms with Crippen LogP contribution in [0.3, 0.4) is 0 Å². The van der Waals surface area contributed by atoms with Gasteiger partial charge in [-0.05, 0) is 44.0 Å². The van der Waals surface area contributed by atoms with E-state index in [0.717, 1.165) is 41.6 Å². The molecule has 0 radical (unpaired) electrons. The summed E-state index contributed by atoms with van der Waals surface area (Å²) in [6.45, 7) is 2.36. The smallest absolute Gasteiger partial charge is 0.126 e. The lowest BCUT2D eigenvalue weighted by molar-refractivity contribution is -0.0646. The Bertz CT molecular complexity index is 535. The van der Waals surface area contributed by atoms with E-state index in [1.165, 1.54) is 19.4 Å². The van der Waals surface area contributed by atoms with Gasteiger partial charge in [0.05, 0.1) is 6.10 Å². The lowest BCUT2D eigenvalue weighted by Gasteiger charge is -2.47. The van der Waals surface area contributed by atoms with Gasteiger partial charge in [-0.25, -0.2) is 0 Å². The Morgan fingerprint density at radius 3 is 3.10 bits per heavy atom. The van der Waals surface area contributed by atoms with Crippen LogP contribution in [0.1, 0.15) is 43.8 Å². The molecule has 0 aromatic heterocycles. The molecule has 108 valence electrons. The van der Waals surface area contributed by atoms with Crippen molar-refractivity contribution < 1.29 is 9.84 Å². The monoisotopic (exact) mass is 337 g/mol. The highest BCUT2D eigenvalue weighted by atomic mass is 79.9. The average molecular weight is 338 g/mol. The number of hydrogen-bond donors (Lipinski definition) is 1. The molecule has 3 atom stereocenters. The van der Waals surface area contributed by atoms with Gasteiger partial charge in [0.25, 0.3) is 0 Å². The maximum Gasteiger partial charge on any atom is 0.126 e. The molecule has 1 N–H and O–H groups in total. The van der Waals surface area contributed by atoms with E-state index in [-0.39, 0.29) is 5.60 Å². The number of halogens is 1. The van der Waals surface area contributed by atoms with Crippen molar-refractivity contribution in [2.45, 2.75) is 49.9 Å². The zero-order chi connectivity index (χ0) is 13.7. The molecule has 0 bridgehead atoms. The van der Waals surface area contributed by atoms with Gasteiger partial charge in [0.2, 0.25) is 0 Å². The van der Waals surface area contributed by atoms with Gasteiger partial charge in [-0.3, -0.25) is 0 Å². The second kappa shape index (κ2) is 4.72. The lowest BCUT2D eigenvalue weighted by Crippen LogP contribution is -2.52. The third kappa shape index (κ3) is 2.09. The Balaban J connectivity index is 1.63. The van der Waals surface area contributed by atoms with Gasteiger partial charge >= 0.3 is 0 Å². The number of hydrogen-bond acceptors (Lipinski definition) is 3. The number of aliphatic hydroxyl groups is 1. The van der Waals surface area contributed by atoms with Crippen molar-refractivity contribution in [3.8, 4) is 5.75 Å². The number of benzene rings is 1. The molecule has 2 saturated heterocycles. The topological polar surface area (TPSA) is 32.7 Å². The van der Waals surface area contributed by atoms with Crippen LogP contribution in [-0.4, -0.2) is 34.7 Å². The SMILES string of the molecule is O[C@H]1CC2(CCN3CCCC3C2)Oc2ccc(Br)cc21. The highest BCUT2D eigenvalue weighted by Crippen LogP contribution is 2.47. The van der Waals surface area contributed by atoms with Gasteiger partial charge in [-0.2, -0.15) is 0 Å². The molecule has 4 heteroatoms. The number of rotatable bonds is 0. The van der Waals surface area contributed by atoms with Crippen molar-refractivity contribution in [3.05, 3.63) is 28.2 Å². The second-order valence-corrected chi connectivity index (χ2v) is 7.39. The van der Waals surface area contributed by atoms with E-state index in [1.54, 1.807) is 0 Å². The fraction of sp³-hybridized carbons (Fsp3) is 0.625. The first-order valence-electron chi connectivity index (χ1n) is 7.56. The minimum Gasteiger partial charge on any atom is -0.487 e. The number of ether oxygens (including phenoxy) is 1. The molecule has 0 amide bonds. The van der Waals surface area contributed by atoms with E-state index in [0.29, 0.717) is 6.04 Å². The van der Waals surface area contributed by atoms with Crippen LogP contribution in [0.5, 0.6) is 5.75 Å². The summed E-state index contributed by atoms with van der Waals surface area (Å²) in [5.41, 5.74) is 0.782. The van der Waals surface area contributed by atoms with E-state index in [4.69, 9.17) is 4.74 Å². The summed E-state index contributed by atoms with van der Waals surface area (Å²) in [4.78, 5) is 2.60. The summed E-state index contributed by atoms with van der Waals surface area (Å²) in [6, 6.07) is 6.63. The molecule has 3 heterocycles. The molecule has 1 aromatic carbocycles. The van der Waals surface area contributed by atoms with Gasteiger partial charge in [-0.1, -0.05) is 15.9 Å². The van der Waals surface area contributed by atoms with E-state index in [2.05, 4.69) is 20.8 Å². The summed E-state index contributed by atoms with van der Waals surface area (Å²) < 4.78 is 7.39. The van der Waals surface area contributed by atoms with Crippen molar-refractivity contribution in [1.29, 1.82) is 0 Å². The highest BCUT2D eigenvalue weighted by molar-refractivity contribution is 9.10. The predicted molar refractivity (Wildman–Crippen MR) is 80.9 cm³/mol. The molecule has 0 saturated carbocycles. The largest absolute Gasteiger partial charge is 0.487 e. The van der Waals surface area contributed by atoms with Gasteiger partial charge in [0.1, 0.15) is 11.4 Å². The summed E-state index contributed by atoms with van der Waals surface area (Å²) >= 11 is 3.47. The number of nitrogens with zero attached hydrogens (tertiary/aromatic N) is 1. The molecule has 3 nitrogen and oxygen atoms in total. The number of fused-ring (bicyclic) bond motifs is 2. The molecule has 0 aliphatic carbocycles. The number of aliphatic hydroxyl groups excluding tert-OH is 1. The first-order valence-corrected chi connectivity index (χ1v) is 8.35. The predicted octanol–water partition coefficient (Wildman–Crippen LogP) is 3.26. The van der Waals surface area contributed by atoms with Crippen molar-refractivity contribution in [3.63, 3.8) is 0 Å². The minimum absolute atomic E-state index is 0.147. The first kappa shape index (κ1) is 13.1. The zero-order valence-electron chi connectivity index (χ0n) is 11.5. The maximum absolute atomic E-state index is 10.5. The number of piperidine rings is 1. The zero-order valence-corrected chi connectivity index (χ0v) is 13.1. The fourth-order valence-corrected chi connectivity index (χ4v) is 4.57. The molecule has 1 aromatic rings. The average Bonchev–Trinajstić information content (AvgIpc) is 2.87. The minimum atomic E-state index is -0.399. The third-order valence-corrected chi connectivity index (χ3v) is 5.68. The Hall–Kier alpha value is -0.580. The van der Waals surface area contributed by atoms with E-state index in [9.17, 15) is 5.11 Å². The second-order valence-electron chi connectivity index (χ2n) is 6.47. The van der Waals surface area contributed by atoms with Crippen LogP contribution >= 0.6 is 15.9 Å². The van der Waals surface area contributed by atoms with Crippen molar-refractivity contribution in [1.82, 2.24) is 4.90 Å². The van der Waals surface area contributed by atoms with Crippen LogP contribution in [0.15, 0.2) is 22.7 Å². The van der Waals surface area contributed by atoms with E-state index < -0.39 is 6.10 Å². The maximum atomic E-state index is 10.5. The van der Waals surface area contributed by atoms with Gasteiger partial charge < -0.3 is 14.7 Å². The third-order valence-electron chi connectivity index (χ3n) is 5.18. The van der Waals surface area contributed by atoms with Crippen LogP contribution < -0.4 is 4.74 Å². The molecular weight excluding hydrogens is 318 g/mol. The molecule has 20 heavy (non-hydrogen) atoms. The standard InChI is InChI=1S/C16H20BrNO2/c17-11-3-4-15-13(8-11)14(19)10-16(20-15)5-7-18-6-1-2-12(18)9-16/h3-4,8,12,14,19H,1-2,5-7,9-10H2/t12?,14-,16?/m0/s1. The molecule has 3 aliphatic rings. The summed E-state index contributed by atoms with van der Waals surface area (Å²) in [6.07, 6.45) is 5.04. The molecule has 3 aliphatic heterocycles. The van der Waals surface area contributed by atoms with E-state index >= 15 is 0 Å². The molecule has 4 rings (SSSR count). The fourth-order valence-electron chi connectivity index (χ4n) is 4.19. The van der Waals surface area contributed by atoms with Crippen LogP contribution in [0.4, 0.5) is 0 Å². The molecule has 2 fully saturated rings.